The number of aliphatic carboxylic acids is 1. The van der Waals surface area contributed by atoms with Gasteiger partial charge in [0, 0.05) is 11.6 Å². The molecule has 24 heavy (non-hydrogen) atoms. The van der Waals surface area contributed by atoms with Gasteiger partial charge in [0.15, 0.2) is 0 Å². The Kier molecular flexibility index (Phi) is 5.86. The summed E-state index contributed by atoms with van der Waals surface area (Å²) in [6.45, 7) is 0. The number of furan rings is 1. The summed E-state index contributed by atoms with van der Waals surface area (Å²) >= 11 is 3.20. The van der Waals surface area contributed by atoms with Crippen LogP contribution in [0.5, 0.6) is 11.5 Å². The lowest BCUT2D eigenvalue weighted by Gasteiger charge is -2.20. The van der Waals surface area contributed by atoms with Crippen LogP contribution in [0.1, 0.15) is 28.6 Å². The molecule has 128 valence electrons. The van der Waals surface area contributed by atoms with Gasteiger partial charge in [-0.05, 0) is 34.1 Å². The van der Waals surface area contributed by atoms with E-state index in [9.17, 15) is 9.59 Å². The predicted molar refractivity (Wildman–Crippen MR) is 88.4 cm³/mol. The van der Waals surface area contributed by atoms with E-state index < -0.39 is 17.9 Å². The molecular weight excluding hydrogens is 382 g/mol. The van der Waals surface area contributed by atoms with Crippen molar-refractivity contribution < 1.29 is 28.6 Å². The second kappa shape index (κ2) is 7.87. The summed E-state index contributed by atoms with van der Waals surface area (Å²) in [5, 5.41) is 11.8. The van der Waals surface area contributed by atoms with E-state index in [0.29, 0.717) is 21.5 Å². The number of ether oxygens (including phenoxy) is 2. The number of benzene rings is 1. The van der Waals surface area contributed by atoms with Gasteiger partial charge in [-0.2, -0.15) is 0 Å². The highest BCUT2D eigenvalue weighted by molar-refractivity contribution is 9.10. The number of rotatable bonds is 7. The summed E-state index contributed by atoms with van der Waals surface area (Å²) < 4.78 is 16.0. The van der Waals surface area contributed by atoms with Crippen molar-refractivity contribution in [1.29, 1.82) is 0 Å². The van der Waals surface area contributed by atoms with Crippen molar-refractivity contribution >= 4 is 27.8 Å². The largest absolute Gasteiger partial charge is 0.497 e. The van der Waals surface area contributed by atoms with Crippen molar-refractivity contribution in [3.63, 3.8) is 0 Å². The van der Waals surface area contributed by atoms with Crippen LogP contribution in [0.2, 0.25) is 0 Å². The number of carbonyl (C=O) groups is 2. The van der Waals surface area contributed by atoms with Gasteiger partial charge in [-0.15, -0.1) is 0 Å². The Morgan fingerprint density at radius 1 is 1.29 bits per heavy atom. The molecule has 1 atom stereocenters. The van der Waals surface area contributed by atoms with Gasteiger partial charge in [-0.3, -0.25) is 9.59 Å². The molecule has 0 spiro atoms. The molecule has 1 aromatic heterocycles. The minimum atomic E-state index is -1.06. The quantitative estimate of drug-likeness (QED) is 0.744. The Bertz CT molecular complexity index is 742. The number of carboxylic acids is 1. The Labute approximate surface area is 146 Å². The molecule has 2 N–H and O–H groups in total. The number of methoxy groups -OCH3 is 2. The SMILES string of the molecule is COc1ccc(C(CC(=O)O)NC(=O)c2occc2Br)c(OC)c1. The van der Waals surface area contributed by atoms with Crippen molar-refractivity contribution in [3.05, 3.63) is 46.3 Å². The van der Waals surface area contributed by atoms with Crippen molar-refractivity contribution in [2.45, 2.75) is 12.5 Å². The number of nitrogens with one attached hydrogen (secondary N) is 1. The Balaban J connectivity index is 2.33. The first-order valence-corrected chi connectivity index (χ1v) is 7.73. The number of halogens is 1. The molecule has 0 bridgehead atoms. The van der Waals surface area contributed by atoms with Crippen molar-refractivity contribution in [2.24, 2.45) is 0 Å². The van der Waals surface area contributed by atoms with E-state index in [1.54, 1.807) is 24.3 Å². The molecule has 2 aromatic rings. The van der Waals surface area contributed by atoms with Crippen LogP contribution in [0.15, 0.2) is 39.4 Å². The summed E-state index contributed by atoms with van der Waals surface area (Å²) in [6.07, 6.45) is 1.05. The van der Waals surface area contributed by atoms with Gasteiger partial charge < -0.3 is 24.3 Å². The van der Waals surface area contributed by atoms with Gasteiger partial charge in [0.1, 0.15) is 11.5 Å². The van der Waals surface area contributed by atoms with Gasteiger partial charge in [0.05, 0.1) is 37.4 Å². The molecule has 0 saturated carbocycles. The molecule has 2 rings (SSSR count). The Hall–Kier alpha value is -2.48. The average molecular weight is 398 g/mol. The number of amides is 1. The molecule has 1 aromatic carbocycles. The number of carbonyl (C=O) groups excluding carboxylic acids is 1. The normalized spacial score (nSPS) is 11.6. The zero-order valence-corrected chi connectivity index (χ0v) is 14.6. The molecule has 0 aliphatic rings. The summed E-state index contributed by atoms with van der Waals surface area (Å²) in [4.78, 5) is 23.5. The topological polar surface area (TPSA) is 98.0 Å². The molecule has 0 fully saturated rings. The van der Waals surface area contributed by atoms with Gasteiger partial charge >= 0.3 is 5.97 Å². The van der Waals surface area contributed by atoms with Crippen molar-refractivity contribution in [2.75, 3.05) is 14.2 Å². The van der Waals surface area contributed by atoms with Crippen LogP contribution >= 0.6 is 15.9 Å². The lowest BCUT2D eigenvalue weighted by molar-refractivity contribution is -0.137. The smallest absolute Gasteiger partial charge is 0.305 e. The predicted octanol–water partition coefficient (Wildman–Crippen LogP) is 3.01. The maximum Gasteiger partial charge on any atom is 0.305 e. The molecule has 1 heterocycles. The van der Waals surface area contributed by atoms with Crippen LogP contribution < -0.4 is 14.8 Å². The lowest BCUT2D eigenvalue weighted by Crippen LogP contribution is -2.30. The summed E-state index contributed by atoms with van der Waals surface area (Å²) in [6, 6.07) is 5.73. The number of hydrogen-bond acceptors (Lipinski definition) is 5. The molecule has 0 saturated heterocycles. The highest BCUT2D eigenvalue weighted by Crippen LogP contribution is 2.31. The van der Waals surface area contributed by atoms with Crippen LogP contribution in [-0.4, -0.2) is 31.2 Å². The molecule has 0 aliphatic heterocycles. The monoisotopic (exact) mass is 397 g/mol. The molecular formula is C16H16BrNO6. The average Bonchev–Trinajstić information content (AvgIpc) is 2.99. The van der Waals surface area contributed by atoms with E-state index in [-0.39, 0.29) is 12.2 Å². The molecule has 8 heteroatoms. The maximum absolute atomic E-state index is 12.3. The Morgan fingerprint density at radius 2 is 2.04 bits per heavy atom. The summed E-state index contributed by atoms with van der Waals surface area (Å²) in [5.41, 5.74) is 0.525. The highest BCUT2D eigenvalue weighted by atomic mass is 79.9. The second-order valence-electron chi connectivity index (χ2n) is 4.83. The van der Waals surface area contributed by atoms with Crippen molar-refractivity contribution in [1.82, 2.24) is 5.32 Å². The molecule has 7 nitrogen and oxygen atoms in total. The molecule has 1 amide bonds. The molecule has 0 aliphatic carbocycles. The first kappa shape index (κ1) is 17.9. The van der Waals surface area contributed by atoms with Gasteiger partial charge in [0.2, 0.25) is 5.76 Å². The zero-order valence-electron chi connectivity index (χ0n) is 13.0. The van der Waals surface area contributed by atoms with Crippen LogP contribution in [0.3, 0.4) is 0 Å². The molecule has 0 radical (unpaired) electrons. The Morgan fingerprint density at radius 3 is 2.58 bits per heavy atom. The van der Waals surface area contributed by atoms with E-state index >= 15 is 0 Å². The van der Waals surface area contributed by atoms with Gasteiger partial charge in [-0.25, -0.2) is 0 Å². The third-order valence-electron chi connectivity index (χ3n) is 3.32. The van der Waals surface area contributed by atoms with Crippen LogP contribution in [0.25, 0.3) is 0 Å². The van der Waals surface area contributed by atoms with Crippen molar-refractivity contribution in [3.8, 4) is 11.5 Å². The number of hydrogen-bond donors (Lipinski definition) is 2. The highest BCUT2D eigenvalue weighted by Gasteiger charge is 2.24. The number of carboxylic acid groups (broad SMARTS) is 1. The summed E-state index contributed by atoms with van der Waals surface area (Å²) in [5.74, 6) is -0.547. The standard InChI is InChI=1S/C16H16BrNO6/c1-22-9-3-4-10(13(7-9)23-2)12(8-14(19)20)18-16(21)15-11(17)5-6-24-15/h3-7,12H,8H2,1-2H3,(H,18,21)(H,19,20). The van der Waals surface area contributed by atoms with E-state index in [4.69, 9.17) is 19.0 Å². The van der Waals surface area contributed by atoms with Crippen LogP contribution in [0, 0.1) is 0 Å². The second-order valence-corrected chi connectivity index (χ2v) is 5.68. The van der Waals surface area contributed by atoms with Gasteiger partial charge in [-0.1, -0.05) is 0 Å². The lowest BCUT2D eigenvalue weighted by atomic mass is 10.0. The summed E-state index contributed by atoms with van der Waals surface area (Å²) in [7, 11) is 2.97. The minimum absolute atomic E-state index is 0.0675. The van der Waals surface area contributed by atoms with Gasteiger partial charge in [0.25, 0.3) is 5.91 Å². The van der Waals surface area contributed by atoms with E-state index in [1.807, 2.05) is 0 Å². The third-order valence-corrected chi connectivity index (χ3v) is 3.95. The fourth-order valence-corrected chi connectivity index (χ4v) is 2.58. The fraction of sp³-hybridized carbons (Fsp3) is 0.250. The van der Waals surface area contributed by atoms with E-state index in [1.165, 1.54) is 20.5 Å². The van der Waals surface area contributed by atoms with Crippen LogP contribution in [-0.2, 0) is 4.79 Å². The van der Waals surface area contributed by atoms with Crippen LogP contribution in [0.4, 0.5) is 0 Å². The first-order valence-electron chi connectivity index (χ1n) is 6.93. The molecule has 1 unspecified atom stereocenters. The third kappa shape index (κ3) is 4.08. The fourth-order valence-electron chi connectivity index (χ4n) is 2.20. The maximum atomic E-state index is 12.3. The van der Waals surface area contributed by atoms with E-state index in [2.05, 4.69) is 21.2 Å². The first-order chi connectivity index (χ1) is 11.5. The zero-order chi connectivity index (χ0) is 17.7. The van der Waals surface area contributed by atoms with E-state index in [0.717, 1.165) is 0 Å². The minimum Gasteiger partial charge on any atom is -0.497 e.